The van der Waals surface area contributed by atoms with Crippen molar-refractivity contribution in [1.82, 2.24) is 10.0 Å². The lowest BCUT2D eigenvalue weighted by atomic mass is 10.1. The molecule has 0 spiro atoms. The highest BCUT2D eigenvalue weighted by Gasteiger charge is 2.26. The van der Waals surface area contributed by atoms with Gasteiger partial charge in [0.2, 0.25) is 26.0 Å². The van der Waals surface area contributed by atoms with E-state index < -0.39 is 32.0 Å². The molecule has 0 saturated carbocycles. The van der Waals surface area contributed by atoms with Crippen molar-refractivity contribution in [3.8, 4) is 5.75 Å². The van der Waals surface area contributed by atoms with Gasteiger partial charge in [0.05, 0.1) is 21.9 Å². The third-order valence-corrected chi connectivity index (χ3v) is 7.74. The summed E-state index contributed by atoms with van der Waals surface area (Å²) in [6, 6.07) is 17.5. The van der Waals surface area contributed by atoms with Gasteiger partial charge in [-0.05, 0) is 47.9 Å². The number of nitrogens with one attached hydrogen (secondary N) is 2. The van der Waals surface area contributed by atoms with Crippen molar-refractivity contribution in [3.05, 3.63) is 88.9 Å². The number of rotatable bonds is 10. The second-order valence-electron chi connectivity index (χ2n) is 7.57. The molecule has 3 aromatic rings. The number of sulfonamides is 2. The number of primary sulfonamides is 1. The van der Waals surface area contributed by atoms with E-state index >= 15 is 0 Å². The number of nitrogens with two attached hydrogens (primary N) is 1. The zero-order valence-corrected chi connectivity index (χ0v) is 21.0. The molecule has 1 amide bonds. The summed E-state index contributed by atoms with van der Waals surface area (Å²) >= 11 is 6.08. The second kappa shape index (κ2) is 11.2. The van der Waals surface area contributed by atoms with Gasteiger partial charge in [-0.25, -0.2) is 22.0 Å². The van der Waals surface area contributed by atoms with Gasteiger partial charge in [0.25, 0.3) is 0 Å². The molecule has 9 nitrogen and oxygen atoms in total. The van der Waals surface area contributed by atoms with Crippen LogP contribution in [-0.2, 0) is 37.8 Å². The van der Waals surface area contributed by atoms with Crippen LogP contribution in [0.15, 0.2) is 82.6 Å². The van der Waals surface area contributed by atoms with Crippen molar-refractivity contribution in [2.24, 2.45) is 5.14 Å². The van der Waals surface area contributed by atoms with E-state index in [-0.39, 0.29) is 27.8 Å². The molecular formula is C23H24ClN3O6S2. The second-order valence-corrected chi connectivity index (χ2v) is 11.2. The summed E-state index contributed by atoms with van der Waals surface area (Å²) in [6.07, 6.45) is 0.0974. The number of hydrogen-bond donors (Lipinski definition) is 3. The summed E-state index contributed by atoms with van der Waals surface area (Å²) in [7, 11) is -6.53. The van der Waals surface area contributed by atoms with E-state index in [4.69, 9.17) is 21.5 Å². The van der Waals surface area contributed by atoms with Crippen LogP contribution in [0.1, 0.15) is 11.1 Å². The average Bonchev–Trinajstić information content (AvgIpc) is 2.82. The molecule has 3 aromatic carbocycles. The predicted octanol–water partition coefficient (Wildman–Crippen LogP) is 2.20. The highest BCUT2D eigenvalue weighted by Crippen LogP contribution is 2.27. The Morgan fingerprint density at radius 1 is 0.943 bits per heavy atom. The summed E-state index contributed by atoms with van der Waals surface area (Å²) < 4.78 is 56.4. The summed E-state index contributed by atoms with van der Waals surface area (Å²) in [5.74, 6) is -0.245. The number of ether oxygens (including phenoxy) is 1. The third kappa shape index (κ3) is 7.26. The largest absolute Gasteiger partial charge is 0.495 e. The maximum Gasteiger partial charge on any atom is 0.241 e. The minimum Gasteiger partial charge on any atom is -0.495 e. The van der Waals surface area contributed by atoms with Crippen LogP contribution in [0.4, 0.5) is 0 Å². The van der Waals surface area contributed by atoms with E-state index in [0.717, 1.165) is 5.56 Å². The molecule has 12 heteroatoms. The molecule has 1 atom stereocenters. The first-order valence-corrected chi connectivity index (χ1v) is 13.7. The Balaban J connectivity index is 1.79. The molecule has 0 radical (unpaired) electrons. The van der Waals surface area contributed by atoms with Gasteiger partial charge in [0, 0.05) is 6.54 Å². The molecule has 0 heterocycles. The van der Waals surface area contributed by atoms with E-state index in [1.165, 1.54) is 49.6 Å². The van der Waals surface area contributed by atoms with E-state index in [1.807, 2.05) is 6.07 Å². The van der Waals surface area contributed by atoms with Crippen molar-refractivity contribution in [2.75, 3.05) is 7.11 Å². The Kier molecular flexibility index (Phi) is 8.51. The van der Waals surface area contributed by atoms with Crippen LogP contribution in [0.25, 0.3) is 0 Å². The van der Waals surface area contributed by atoms with Gasteiger partial charge >= 0.3 is 0 Å². The number of amides is 1. The topological polar surface area (TPSA) is 145 Å². The molecule has 0 aliphatic rings. The first kappa shape index (κ1) is 26.6. The van der Waals surface area contributed by atoms with Crippen LogP contribution in [0, 0.1) is 0 Å². The molecule has 0 aliphatic heterocycles. The monoisotopic (exact) mass is 537 g/mol. The van der Waals surface area contributed by atoms with Crippen LogP contribution in [0.5, 0.6) is 5.75 Å². The fourth-order valence-electron chi connectivity index (χ4n) is 3.22. The van der Waals surface area contributed by atoms with Crippen molar-refractivity contribution in [3.63, 3.8) is 0 Å². The quantitative estimate of drug-likeness (QED) is 0.361. The number of benzene rings is 3. The summed E-state index contributed by atoms with van der Waals surface area (Å²) in [5.41, 5.74) is 1.36. The van der Waals surface area contributed by atoms with E-state index in [9.17, 15) is 21.6 Å². The number of carbonyl (C=O) groups is 1. The van der Waals surface area contributed by atoms with Crippen molar-refractivity contribution >= 4 is 37.6 Å². The van der Waals surface area contributed by atoms with Gasteiger partial charge in [-0.2, -0.15) is 4.72 Å². The lowest BCUT2D eigenvalue weighted by Crippen LogP contribution is -2.47. The summed E-state index contributed by atoms with van der Waals surface area (Å²) in [5, 5.41) is 7.90. The lowest BCUT2D eigenvalue weighted by Gasteiger charge is -2.19. The fraction of sp³-hybridized carbons (Fsp3) is 0.174. The molecule has 0 aliphatic carbocycles. The minimum absolute atomic E-state index is 0.0467. The molecule has 0 aromatic heterocycles. The van der Waals surface area contributed by atoms with Crippen LogP contribution >= 0.6 is 11.6 Å². The highest BCUT2D eigenvalue weighted by atomic mass is 35.5. The van der Waals surface area contributed by atoms with Gasteiger partial charge in [0.15, 0.2) is 0 Å². The Labute approximate surface area is 209 Å². The zero-order valence-electron chi connectivity index (χ0n) is 18.6. The molecule has 3 rings (SSSR count). The predicted molar refractivity (Wildman–Crippen MR) is 132 cm³/mol. The normalized spacial score (nSPS) is 12.7. The maximum absolute atomic E-state index is 13.0. The summed E-state index contributed by atoms with van der Waals surface area (Å²) in [4.78, 5) is 12.9. The van der Waals surface area contributed by atoms with Crippen molar-refractivity contribution in [1.29, 1.82) is 0 Å². The van der Waals surface area contributed by atoms with Crippen LogP contribution in [0.2, 0.25) is 5.02 Å². The van der Waals surface area contributed by atoms with Gasteiger partial charge in [0.1, 0.15) is 11.8 Å². The maximum atomic E-state index is 13.0. The molecule has 0 bridgehead atoms. The van der Waals surface area contributed by atoms with Crippen LogP contribution < -0.4 is 19.9 Å². The van der Waals surface area contributed by atoms with Crippen LogP contribution in [0.3, 0.4) is 0 Å². The number of halogens is 1. The molecule has 0 fully saturated rings. The molecule has 4 N–H and O–H groups in total. The average molecular weight is 538 g/mol. The lowest BCUT2D eigenvalue weighted by molar-refractivity contribution is -0.122. The van der Waals surface area contributed by atoms with E-state index in [1.54, 1.807) is 24.3 Å². The number of carbonyl (C=O) groups excluding carboxylic acids is 1. The standard InChI is InChI=1S/C23H24ClN3O6S2/c1-33-22-12-11-19(14-20(22)24)35(31,32)27-21(13-16-5-3-2-4-6-16)23(28)26-15-17-7-9-18(10-8-17)34(25,29)30/h2-12,14,21,27H,13,15H2,1H3,(H,26,28)(H2,25,29,30)/t21-/m1/s1. The zero-order chi connectivity index (χ0) is 25.6. The molecule has 0 saturated heterocycles. The molecular weight excluding hydrogens is 514 g/mol. The van der Waals surface area contributed by atoms with E-state index in [2.05, 4.69) is 10.0 Å². The Morgan fingerprint density at radius 3 is 2.14 bits per heavy atom. The van der Waals surface area contributed by atoms with Gasteiger partial charge in [-0.3, -0.25) is 4.79 Å². The first-order chi connectivity index (χ1) is 16.5. The summed E-state index contributed by atoms with van der Waals surface area (Å²) in [6.45, 7) is 0.0467. The number of hydrogen-bond acceptors (Lipinski definition) is 6. The molecule has 35 heavy (non-hydrogen) atoms. The van der Waals surface area contributed by atoms with Crippen molar-refractivity contribution < 1.29 is 26.4 Å². The van der Waals surface area contributed by atoms with E-state index in [0.29, 0.717) is 11.3 Å². The number of methoxy groups -OCH3 is 1. The third-order valence-electron chi connectivity index (χ3n) is 5.05. The Bertz CT molecular complexity index is 1400. The van der Waals surface area contributed by atoms with Gasteiger partial charge in [-0.15, -0.1) is 0 Å². The van der Waals surface area contributed by atoms with Gasteiger partial charge < -0.3 is 10.1 Å². The molecule has 186 valence electrons. The fourth-order valence-corrected chi connectivity index (χ4v) is 5.28. The molecule has 0 unspecified atom stereocenters. The first-order valence-electron chi connectivity index (χ1n) is 10.3. The Hall–Kier alpha value is -2.96. The smallest absolute Gasteiger partial charge is 0.241 e. The minimum atomic E-state index is -4.11. The highest BCUT2D eigenvalue weighted by molar-refractivity contribution is 7.89. The van der Waals surface area contributed by atoms with Crippen molar-refractivity contribution in [2.45, 2.75) is 28.8 Å². The SMILES string of the molecule is COc1ccc(S(=O)(=O)N[C@H](Cc2ccccc2)C(=O)NCc2ccc(S(N)(=O)=O)cc2)cc1Cl. The Morgan fingerprint density at radius 2 is 1.57 bits per heavy atom. The van der Waals surface area contributed by atoms with Gasteiger partial charge in [-0.1, -0.05) is 54.1 Å². The van der Waals surface area contributed by atoms with Crippen LogP contribution in [-0.4, -0.2) is 35.9 Å².